The predicted molar refractivity (Wildman–Crippen MR) is 140 cm³/mol. The number of hydrogen-bond donors (Lipinski definition) is 2. The molecule has 0 saturated heterocycles. The van der Waals surface area contributed by atoms with Crippen molar-refractivity contribution in [3.05, 3.63) is 132 Å². The molecule has 1 radical (unpaired) electrons. The number of carbonyl (C=O) groups is 2. The normalized spacial score (nSPS) is 17.9. The van der Waals surface area contributed by atoms with Crippen molar-refractivity contribution in [1.82, 2.24) is 10.6 Å². The van der Waals surface area contributed by atoms with Gasteiger partial charge in [0.25, 0.3) is 0 Å². The average molecular weight is 539 g/mol. The van der Waals surface area contributed by atoms with E-state index >= 15 is 0 Å². The molecule has 0 fully saturated rings. The van der Waals surface area contributed by atoms with Crippen molar-refractivity contribution in [3.63, 3.8) is 0 Å². The molecule has 0 amide bonds. The Kier molecular flexibility index (Phi) is 9.89. The number of methoxy groups -OCH3 is 2. The van der Waals surface area contributed by atoms with Crippen LogP contribution in [-0.2, 0) is 26.4 Å². The summed E-state index contributed by atoms with van der Waals surface area (Å²) in [6.45, 7) is 0. The van der Waals surface area contributed by atoms with Crippen molar-refractivity contribution >= 4 is 11.6 Å². The number of carbonyl (C=O) groups excluding carboxylic acids is 2. The molecule has 7 heteroatoms. The molecule has 0 heterocycles. The SMILES string of the molecule is COc1ccc([C@@H](N/C=C2/C=CC=CC2=O)[C@@H](N/C=C2/C=CC=CC2=O)c2ccc(OC)cc2)cc1.[Co]. The van der Waals surface area contributed by atoms with E-state index in [1.54, 1.807) is 50.9 Å². The first-order valence-corrected chi connectivity index (χ1v) is 11.6. The van der Waals surface area contributed by atoms with Gasteiger partial charge in [-0.05, 0) is 59.7 Å². The second-order valence-corrected chi connectivity index (χ2v) is 8.20. The molecule has 37 heavy (non-hydrogen) atoms. The molecule has 2 atom stereocenters. The Morgan fingerprint density at radius 3 is 1.27 bits per heavy atom. The summed E-state index contributed by atoms with van der Waals surface area (Å²) in [5.74, 6) is 1.35. The molecule has 191 valence electrons. The van der Waals surface area contributed by atoms with E-state index in [2.05, 4.69) is 10.6 Å². The van der Waals surface area contributed by atoms with Gasteiger partial charge in [-0.15, -0.1) is 0 Å². The monoisotopic (exact) mass is 539 g/mol. The number of benzene rings is 2. The van der Waals surface area contributed by atoms with E-state index in [-0.39, 0.29) is 40.4 Å². The first-order chi connectivity index (χ1) is 17.6. The molecule has 2 aliphatic carbocycles. The van der Waals surface area contributed by atoms with E-state index in [4.69, 9.17) is 9.47 Å². The van der Waals surface area contributed by atoms with Gasteiger partial charge in [0.05, 0.1) is 26.3 Å². The second kappa shape index (κ2) is 13.3. The van der Waals surface area contributed by atoms with Gasteiger partial charge in [0.2, 0.25) is 0 Å². The van der Waals surface area contributed by atoms with Gasteiger partial charge < -0.3 is 20.1 Å². The minimum Gasteiger partial charge on any atom is -0.497 e. The third-order valence-corrected chi connectivity index (χ3v) is 5.96. The van der Waals surface area contributed by atoms with Crippen molar-refractivity contribution in [2.45, 2.75) is 12.1 Å². The van der Waals surface area contributed by atoms with Crippen LogP contribution in [0.1, 0.15) is 23.2 Å². The quantitative estimate of drug-likeness (QED) is 0.445. The average Bonchev–Trinajstić information content (AvgIpc) is 2.92. The maximum absolute atomic E-state index is 12.4. The summed E-state index contributed by atoms with van der Waals surface area (Å²) in [6.07, 6.45) is 17.2. The van der Waals surface area contributed by atoms with Gasteiger partial charge in [0, 0.05) is 40.3 Å². The summed E-state index contributed by atoms with van der Waals surface area (Å²) in [5.41, 5.74) is 3.04. The number of hydrogen-bond acceptors (Lipinski definition) is 6. The third kappa shape index (κ3) is 7.00. The van der Waals surface area contributed by atoms with Crippen molar-refractivity contribution in [1.29, 1.82) is 0 Å². The number of ketones is 2. The number of rotatable bonds is 9. The van der Waals surface area contributed by atoms with E-state index in [1.165, 1.54) is 12.2 Å². The summed E-state index contributed by atoms with van der Waals surface area (Å²) in [5, 5.41) is 6.90. The smallest absolute Gasteiger partial charge is 0.187 e. The number of nitrogens with one attached hydrogen (secondary N) is 2. The summed E-state index contributed by atoms with van der Waals surface area (Å²) in [6, 6.07) is 14.9. The topological polar surface area (TPSA) is 76.7 Å². The third-order valence-electron chi connectivity index (χ3n) is 5.96. The van der Waals surface area contributed by atoms with Gasteiger partial charge in [-0.3, -0.25) is 9.59 Å². The Bertz CT molecular complexity index is 1180. The first kappa shape index (κ1) is 27.5. The largest absolute Gasteiger partial charge is 0.497 e. The number of ether oxygens (including phenoxy) is 2. The maximum Gasteiger partial charge on any atom is 0.187 e. The van der Waals surface area contributed by atoms with Crippen LogP contribution in [0.5, 0.6) is 11.5 Å². The Balaban J connectivity index is 0.00000380. The van der Waals surface area contributed by atoms with Gasteiger partial charge >= 0.3 is 0 Å². The molecule has 4 rings (SSSR count). The van der Waals surface area contributed by atoms with Crippen LogP contribution in [0.15, 0.2) is 121 Å². The van der Waals surface area contributed by atoms with Crippen LogP contribution in [0.25, 0.3) is 0 Å². The summed E-state index contributed by atoms with van der Waals surface area (Å²) < 4.78 is 10.7. The van der Waals surface area contributed by atoms with Crippen LogP contribution in [0.4, 0.5) is 0 Å². The van der Waals surface area contributed by atoms with E-state index in [1.807, 2.05) is 60.7 Å². The zero-order chi connectivity index (χ0) is 25.3. The van der Waals surface area contributed by atoms with E-state index in [0.29, 0.717) is 11.1 Å². The van der Waals surface area contributed by atoms with Gasteiger partial charge in [0.15, 0.2) is 11.6 Å². The van der Waals surface area contributed by atoms with E-state index < -0.39 is 0 Å². The summed E-state index contributed by atoms with van der Waals surface area (Å²) in [7, 11) is 3.25. The minimum atomic E-state index is -0.307. The molecule has 2 N–H and O–H groups in total. The maximum atomic E-state index is 12.4. The molecule has 2 aliphatic rings. The Hall–Kier alpha value is -4.07. The summed E-state index contributed by atoms with van der Waals surface area (Å²) in [4.78, 5) is 24.7. The molecule has 2 aromatic rings. The fourth-order valence-electron chi connectivity index (χ4n) is 3.95. The zero-order valence-electron chi connectivity index (χ0n) is 20.5. The Labute approximate surface area is 227 Å². The van der Waals surface area contributed by atoms with E-state index in [0.717, 1.165) is 22.6 Å². The zero-order valence-corrected chi connectivity index (χ0v) is 21.6. The standard InChI is InChI=1S/C30H28N2O4.Co/c1-35-25-15-11-21(12-16-25)29(31-19-23-7-3-5-9-27(23)33)30(22-13-17-26(36-2)18-14-22)32-20-24-8-4-6-10-28(24)34;/h3-20,29-32H,1-2H3;/b23-19-,24-20-;/t29-,30+;. The minimum absolute atomic E-state index is 0. The molecule has 0 saturated carbocycles. The molecule has 0 bridgehead atoms. The second-order valence-electron chi connectivity index (χ2n) is 8.20. The first-order valence-electron chi connectivity index (χ1n) is 11.6. The predicted octanol–water partition coefficient (Wildman–Crippen LogP) is 4.82. The molecular formula is C30H28CoN2O4. The molecule has 6 nitrogen and oxygen atoms in total. The molecule has 2 aromatic carbocycles. The van der Waals surface area contributed by atoms with Crippen molar-refractivity contribution in [2.24, 2.45) is 0 Å². The fraction of sp³-hybridized carbons (Fsp3) is 0.133. The van der Waals surface area contributed by atoms with Crippen LogP contribution in [0.3, 0.4) is 0 Å². The van der Waals surface area contributed by atoms with Gasteiger partial charge in [-0.1, -0.05) is 48.6 Å². The van der Waals surface area contributed by atoms with Crippen LogP contribution in [-0.4, -0.2) is 25.8 Å². The van der Waals surface area contributed by atoms with Crippen LogP contribution >= 0.6 is 0 Å². The fourth-order valence-corrected chi connectivity index (χ4v) is 3.95. The van der Waals surface area contributed by atoms with Gasteiger partial charge in [-0.25, -0.2) is 0 Å². The van der Waals surface area contributed by atoms with Crippen molar-refractivity contribution in [3.8, 4) is 11.5 Å². The van der Waals surface area contributed by atoms with Gasteiger partial charge in [-0.2, -0.15) is 0 Å². The van der Waals surface area contributed by atoms with Gasteiger partial charge in [0.1, 0.15) is 11.5 Å². The molecule has 0 aromatic heterocycles. The van der Waals surface area contributed by atoms with Crippen molar-refractivity contribution < 1.29 is 35.8 Å². The molecule has 0 aliphatic heterocycles. The Morgan fingerprint density at radius 1 is 0.595 bits per heavy atom. The molecule has 0 unspecified atom stereocenters. The number of allylic oxidation sites excluding steroid dienone is 10. The van der Waals surface area contributed by atoms with Crippen LogP contribution in [0, 0.1) is 0 Å². The molecule has 0 spiro atoms. The molecular weight excluding hydrogens is 511 g/mol. The summed E-state index contributed by atoms with van der Waals surface area (Å²) >= 11 is 0. The van der Waals surface area contributed by atoms with Crippen molar-refractivity contribution in [2.75, 3.05) is 14.2 Å². The van der Waals surface area contributed by atoms with Crippen LogP contribution in [0.2, 0.25) is 0 Å². The van der Waals surface area contributed by atoms with E-state index in [9.17, 15) is 9.59 Å². The van der Waals surface area contributed by atoms with Crippen LogP contribution < -0.4 is 20.1 Å². The Morgan fingerprint density at radius 2 is 0.946 bits per heavy atom.